The van der Waals surface area contributed by atoms with Gasteiger partial charge in [-0.15, -0.1) is 0 Å². The summed E-state index contributed by atoms with van der Waals surface area (Å²) >= 11 is 0. The second kappa shape index (κ2) is 39.7. The molecule has 1 heterocycles. The molecule has 11 amide bonds. The average molecular weight is 1470 g/mol. The topological polar surface area (TPSA) is 541 Å². The van der Waals surface area contributed by atoms with Crippen LogP contribution in [0.25, 0.3) is 0 Å². The minimum Gasteiger partial charge on any atom is -0.456 e. The number of carbonyl (C=O) groups is 14. The third-order valence-electron chi connectivity index (χ3n) is 15.9. The maximum atomic E-state index is 15.7. The van der Waals surface area contributed by atoms with Gasteiger partial charge in [0.05, 0.1) is 18.7 Å². The number of nitrogens with one attached hydrogen (secondary N) is 12. The van der Waals surface area contributed by atoms with Crippen molar-refractivity contribution in [1.29, 1.82) is 5.41 Å². The Morgan fingerprint density at radius 1 is 0.667 bits per heavy atom. The lowest BCUT2D eigenvalue weighted by Crippen LogP contribution is -2.64. The third kappa shape index (κ3) is 28.2. The Hall–Kier alpha value is -9.47. The summed E-state index contributed by atoms with van der Waals surface area (Å²) < 4.78 is 99.5. The smallest absolute Gasteiger partial charge is 0.456 e. The van der Waals surface area contributed by atoms with E-state index >= 15 is 9.59 Å². The van der Waals surface area contributed by atoms with Gasteiger partial charge in [-0.1, -0.05) is 105 Å². The van der Waals surface area contributed by atoms with Crippen LogP contribution >= 0.6 is 0 Å². The van der Waals surface area contributed by atoms with Gasteiger partial charge in [-0.2, -0.15) is 26.3 Å². The van der Waals surface area contributed by atoms with Crippen molar-refractivity contribution in [1.82, 2.24) is 58.5 Å². The van der Waals surface area contributed by atoms with E-state index in [2.05, 4.69) is 47.3 Å². The van der Waals surface area contributed by atoms with E-state index < -0.39 is 229 Å². The summed E-state index contributed by atoms with van der Waals surface area (Å²) in [5.74, 6) is -28.0. The molecule has 1 saturated heterocycles. The Kier molecular flexibility index (Phi) is 33.7. The number of alkyl halides is 6. The number of nitrogens with two attached hydrogens (primary N) is 3. The van der Waals surface area contributed by atoms with Crippen LogP contribution in [0.1, 0.15) is 125 Å². The van der Waals surface area contributed by atoms with Gasteiger partial charge < -0.3 is 100 Å². The summed E-state index contributed by atoms with van der Waals surface area (Å²) in [6, 6.07) is -15.4. The Balaban J connectivity index is 2.60. The number of primary amides is 1. The van der Waals surface area contributed by atoms with Gasteiger partial charge in [-0.25, -0.2) is 14.4 Å². The van der Waals surface area contributed by atoms with E-state index in [0.717, 1.165) is 32.9 Å². The second-order valence-corrected chi connectivity index (χ2v) is 25.9. The van der Waals surface area contributed by atoms with Crippen LogP contribution in [0.15, 0.2) is 30.3 Å². The number of amides is 11. The molecule has 0 unspecified atom stereocenters. The lowest BCUT2D eigenvalue weighted by Gasteiger charge is -2.35. The number of carbonyl (C=O) groups excluding carboxylic acids is 14. The molecule has 102 heavy (non-hydrogen) atoms. The molecule has 1 aliphatic carbocycles. The molecule has 0 bridgehead atoms. The normalized spacial score (nSPS) is 24.1. The van der Waals surface area contributed by atoms with Crippen molar-refractivity contribution in [3.63, 3.8) is 0 Å². The first-order valence-electron chi connectivity index (χ1n) is 32.6. The predicted molar refractivity (Wildman–Crippen MR) is 343 cm³/mol. The number of ether oxygens (including phenoxy) is 3. The van der Waals surface area contributed by atoms with Crippen LogP contribution in [0, 0.1) is 35.0 Å². The SMILES string of the molecule is CC[C@H](C)[C@@H]1NC(=O)[C@@H](CCCNC(=N)N)NC(=O)[C@H](CC(C)C)NC(=O)[C@H]([C@H](OC(=O)C(F)(F)F)C(C)C)NC(=O)[C@@H](NC(=O)[C@H](CC2CC2)NC(=O)[C@H](N)CC(C)C)[C@@H](c2ccccc2)OC(=O)[C@H](COC(=O)C(F)(F)F)NC(=O)[C@H]([C@H](O)C(N)=O)NC(=O)CNC(=O)[C@H]([C@H](C)O)NC1=O. The molecule has 20 N–H and O–H groups in total. The lowest BCUT2D eigenvalue weighted by molar-refractivity contribution is -0.208. The van der Waals surface area contributed by atoms with Crippen molar-refractivity contribution in [2.24, 2.45) is 46.8 Å². The van der Waals surface area contributed by atoms with Crippen molar-refractivity contribution in [2.75, 3.05) is 19.7 Å². The molecule has 34 nitrogen and oxygen atoms in total. The first-order valence-corrected chi connectivity index (χ1v) is 32.6. The highest BCUT2D eigenvalue weighted by atomic mass is 19.4. The van der Waals surface area contributed by atoms with E-state index in [4.69, 9.17) is 32.1 Å². The van der Waals surface area contributed by atoms with Crippen molar-refractivity contribution in [3.05, 3.63) is 35.9 Å². The minimum atomic E-state index is -5.86. The van der Waals surface area contributed by atoms with Gasteiger partial charge in [-0.3, -0.25) is 58.1 Å². The van der Waals surface area contributed by atoms with Gasteiger partial charge in [0, 0.05) is 6.54 Å². The largest absolute Gasteiger partial charge is 0.490 e. The van der Waals surface area contributed by atoms with E-state index in [-0.39, 0.29) is 50.5 Å². The number of hydrogen-bond acceptors (Lipinski definition) is 21. The Morgan fingerprint density at radius 3 is 1.75 bits per heavy atom. The number of hydrogen-bond donors (Lipinski definition) is 17. The maximum Gasteiger partial charge on any atom is 0.490 e. The zero-order valence-electron chi connectivity index (χ0n) is 57.5. The van der Waals surface area contributed by atoms with Gasteiger partial charge in [-0.05, 0) is 74.2 Å². The van der Waals surface area contributed by atoms with E-state index in [1.807, 2.05) is 5.32 Å². The Bertz CT molecular complexity index is 3140. The number of aliphatic hydroxyl groups is 2. The van der Waals surface area contributed by atoms with Gasteiger partial charge >= 0.3 is 30.3 Å². The number of cyclic esters (lactones) is 1. The first kappa shape index (κ1) is 86.8. The fraction of sp³-hybridized carbons (Fsp3) is 0.661. The molecular formula is C62H93F6N15O19. The van der Waals surface area contributed by atoms with Gasteiger partial charge in [0.25, 0.3) is 0 Å². The van der Waals surface area contributed by atoms with Crippen molar-refractivity contribution < 1.29 is 118 Å². The van der Waals surface area contributed by atoms with Gasteiger partial charge in [0.1, 0.15) is 61.0 Å². The fourth-order valence-corrected chi connectivity index (χ4v) is 10.1. The van der Waals surface area contributed by atoms with Crippen LogP contribution in [-0.4, -0.2) is 210 Å². The molecular weight excluding hydrogens is 1370 g/mol. The summed E-state index contributed by atoms with van der Waals surface area (Å²) in [7, 11) is 0. The monoisotopic (exact) mass is 1470 g/mol. The summed E-state index contributed by atoms with van der Waals surface area (Å²) in [6.07, 6.45) is -21.4. The highest BCUT2D eigenvalue weighted by Crippen LogP contribution is 2.34. The van der Waals surface area contributed by atoms with E-state index in [0.29, 0.717) is 12.8 Å². The van der Waals surface area contributed by atoms with Crippen LogP contribution in [0.4, 0.5) is 26.3 Å². The second-order valence-electron chi connectivity index (χ2n) is 25.9. The first-order chi connectivity index (χ1) is 47.4. The lowest BCUT2D eigenvalue weighted by atomic mass is 9.95. The molecule has 1 aromatic carbocycles. The number of esters is 3. The van der Waals surface area contributed by atoms with Crippen LogP contribution in [0.5, 0.6) is 0 Å². The van der Waals surface area contributed by atoms with Gasteiger partial charge in [0.2, 0.25) is 65.0 Å². The maximum absolute atomic E-state index is 15.7. The molecule has 0 spiro atoms. The summed E-state index contributed by atoms with van der Waals surface area (Å²) in [4.78, 5) is 198. The van der Waals surface area contributed by atoms with Crippen LogP contribution in [0.2, 0.25) is 0 Å². The van der Waals surface area contributed by atoms with E-state index in [9.17, 15) is 94.1 Å². The minimum absolute atomic E-state index is 0.0580. The molecule has 2 fully saturated rings. The van der Waals surface area contributed by atoms with Crippen LogP contribution < -0.4 is 75.7 Å². The average Bonchev–Trinajstić information content (AvgIpc) is 1.72. The number of rotatable bonds is 25. The third-order valence-corrected chi connectivity index (χ3v) is 15.9. The highest BCUT2D eigenvalue weighted by molar-refractivity contribution is 6.00. The summed E-state index contributed by atoms with van der Waals surface area (Å²) in [5, 5.41) is 53.8. The molecule has 40 heteroatoms. The number of guanidine groups is 1. The molecule has 1 saturated carbocycles. The van der Waals surface area contributed by atoms with Crippen LogP contribution in [-0.2, 0) is 81.3 Å². The van der Waals surface area contributed by atoms with E-state index in [1.165, 1.54) is 39.0 Å². The molecule has 0 aromatic heterocycles. The molecule has 3 rings (SSSR count). The molecule has 15 atom stereocenters. The molecule has 1 aliphatic heterocycles. The Labute approximate surface area is 582 Å². The zero-order valence-corrected chi connectivity index (χ0v) is 57.5. The molecule has 1 aromatic rings. The van der Waals surface area contributed by atoms with E-state index in [1.54, 1.807) is 31.4 Å². The van der Waals surface area contributed by atoms with Crippen molar-refractivity contribution in [3.8, 4) is 0 Å². The van der Waals surface area contributed by atoms with Crippen molar-refractivity contribution >= 4 is 88.8 Å². The van der Waals surface area contributed by atoms with Gasteiger partial charge in [0.15, 0.2) is 24.2 Å². The number of aliphatic hydroxyl groups excluding tert-OH is 2. The predicted octanol–water partition coefficient (Wildman–Crippen LogP) is -3.24. The molecule has 572 valence electrons. The quantitative estimate of drug-likeness (QED) is 0.0114. The molecule has 2 aliphatic rings. The van der Waals surface area contributed by atoms with Crippen molar-refractivity contribution in [2.45, 2.75) is 211 Å². The Morgan fingerprint density at radius 2 is 1.22 bits per heavy atom. The van der Waals surface area contributed by atoms with Crippen LogP contribution in [0.3, 0.4) is 0 Å². The highest BCUT2D eigenvalue weighted by Gasteiger charge is 2.49. The summed E-state index contributed by atoms with van der Waals surface area (Å²) in [6.45, 7) is 9.36. The number of benzene rings is 1. The zero-order chi connectivity index (χ0) is 77.4. The standard InChI is InChI=1S/C62H93F6N15O19/c1-10-29(8)39-53(93)81-40(30(9)84)52(92)74-24-38(85)79-41(44(86)47(70)87)54(94)78-37(25-100-58(98)61(63,64)65)57(97)101-46(32-15-12-11-13-16-32)43(82-51(91)36(23-31-18-19-31)76-48(88)33(69)21-26(2)3)56(96)83-42(45(28(6)7)102-59(99)62(66,67)68)55(95)77-35(22-27(4)5)50(90)75-34(49(89)80-39)17-14-20-73-60(71)72/h11-13,15-16,26-31,33-37,39-46,84,86H,10,14,17-25,69H2,1-9H3,(H2,70,87)(H,74,92)(H,75,90)(H,76,88)(H,77,95)(H,78,94)(H,79,85)(H,80,89)(H,81,93)(H,82,91)(H,83,96)(H4,71,72,73)/t29-,30-,33+,34+,35-,36-,37-,39-,40-,41-,42-,43-,44-,45+,46+/m0/s1. The fourth-order valence-electron chi connectivity index (χ4n) is 10.1. The number of halogens is 6. The summed E-state index contributed by atoms with van der Waals surface area (Å²) in [5.41, 5.74) is 16.5. The molecule has 0 radical (unpaired) electrons.